The quantitative estimate of drug-likeness (QED) is 0.499. The molecule has 1 heterocycles. The van der Waals surface area contributed by atoms with Gasteiger partial charge in [-0.3, -0.25) is 10.1 Å². The Morgan fingerprint density at radius 1 is 1.08 bits per heavy atom. The van der Waals surface area contributed by atoms with Crippen molar-refractivity contribution in [2.75, 3.05) is 11.9 Å². The summed E-state index contributed by atoms with van der Waals surface area (Å²) < 4.78 is 7.55. The molecule has 3 aromatic carbocycles. The molecule has 0 bridgehead atoms. The molecule has 0 aliphatic carbocycles. The number of hydrogen-bond acceptors (Lipinski definition) is 4. The molecule has 0 saturated carbocycles. The minimum Gasteiger partial charge on any atom is -0.483 e. The highest BCUT2D eigenvalue weighted by Crippen LogP contribution is 2.33. The number of anilines is 1. The molecule has 0 fully saturated rings. The molecule has 0 atom stereocenters. The largest absolute Gasteiger partial charge is 0.483 e. The maximum Gasteiger partial charge on any atom is 0.264 e. The van der Waals surface area contributed by atoms with E-state index in [2.05, 4.69) is 26.2 Å². The van der Waals surface area contributed by atoms with Crippen molar-refractivity contribution in [3.63, 3.8) is 0 Å². The summed E-state index contributed by atoms with van der Waals surface area (Å²) in [7, 11) is 0. The Morgan fingerprint density at radius 2 is 1.88 bits per heavy atom. The van der Waals surface area contributed by atoms with E-state index < -0.39 is 0 Å². The van der Waals surface area contributed by atoms with Crippen LogP contribution < -0.4 is 10.1 Å². The Morgan fingerprint density at radius 3 is 2.76 bits per heavy atom. The van der Waals surface area contributed by atoms with Crippen molar-refractivity contribution in [1.82, 2.24) is 4.98 Å². The van der Waals surface area contributed by atoms with Gasteiger partial charge < -0.3 is 4.74 Å². The Balaban J connectivity index is 1.45. The number of carbonyl (C=O) groups is 1. The molecule has 0 unspecified atom stereocenters. The summed E-state index contributed by atoms with van der Waals surface area (Å²) in [6.07, 6.45) is 0. The lowest BCUT2D eigenvalue weighted by molar-refractivity contribution is -0.118. The molecule has 6 heteroatoms. The van der Waals surface area contributed by atoms with Crippen LogP contribution in [-0.4, -0.2) is 17.5 Å². The molecule has 1 N–H and O–H groups in total. The van der Waals surface area contributed by atoms with Crippen molar-refractivity contribution in [2.45, 2.75) is 0 Å². The van der Waals surface area contributed by atoms with Crippen LogP contribution in [0.3, 0.4) is 0 Å². The lowest BCUT2D eigenvalue weighted by atomic mass is 10.1. The Bertz CT molecular complexity index is 1040. The first-order chi connectivity index (χ1) is 12.2. The standard InChI is InChI=1S/C19H13BrN2O2S/c20-18-13-6-2-1-5-12(13)9-10-15(18)24-11-17(23)22-19-21-14-7-3-4-8-16(14)25-19/h1-10H,11H2,(H,21,22,23). The third kappa shape index (κ3) is 3.36. The van der Waals surface area contributed by atoms with E-state index in [1.165, 1.54) is 11.3 Å². The van der Waals surface area contributed by atoms with Gasteiger partial charge >= 0.3 is 0 Å². The number of thiazole rings is 1. The van der Waals surface area contributed by atoms with Crippen LogP contribution in [0.1, 0.15) is 0 Å². The SMILES string of the molecule is O=C(COc1ccc2ccccc2c1Br)Nc1nc2ccccc2s1. The van der Waals surface area contributed by atoms with E-state index in [0.29, 0.717) is 10.9 Å². The Hall–Kier alpha value is -2.44. The van der Waals surface area contributed by atoms with Gasteiger partial charge in [0.1, 0.15) is 5.75 Å². The second kappa shape index (κ2) is 6.82. The number of rotatable bonds is 4. The number of para-hydroxylation sites is 1. The third-order valence-corrected chi connectivity index (χ3v) is 5.50. The molecule has 0 spiro atoms. The smallest absolute Gasteiger partial charge is 0.264 e. The highest BCUT2D eigenvalue weighted by molar-refractivity contribution is 9.10. The summed E-state index contributed by atoms with van der Waals surface area (Å²) in [6.45, 7) is -0.0765. The molecule has 124 valence electrons. The van der Waals surface area contributed by atoms with Gasteiger partial charge in [-0.1, -0.05) is 53.8 Å². The normalized spacial score (nSPS) is 10.9. The Labute approximate surface area is 156 Å². The summed E-state index contributed by atoms with van der Waals surface area (Å²) >= 11 is 5.00. The van der Waals surface area contributed by atoms with E-state index >= 15 is 0 Å². The maximum absolute atomic E-state index is 12.2. The van der Waals surface area contributed by atoms with Gasteiger partial charge in [0, 0.05) is 0 Å². The number of amides is 1. The summed E-state index contributed by atoms with van der Waals surface area (Å²) in [5.74, 6) is 0.400. The van der Waals surface area contributed by atoms with Gasteiger partial charge in [0.15, 0.2) is 11.7 Å². The van der Waals surface area contributed by atoms with E-state index in [-0.39, 0.29) is 12.5 Å². The molecule has 4 nitrogen and oxygen atoms in total. The summed E-state index contributed by atoms with van der Waals surface area (Å²) in [5, 5.41) is 5.52. The van der Waals surface area contributed by atoms with Crippen LogP contribution >= 0.6 is 27.3 Å². The molecule has 0 aliphatic rings. The average Bonchev–Trinajstić information content (AvgIpc) is 3.03. The van der Waals surface area contributed by atoms with Crippen LogP contribution in [-0.2, 0) is 4.79 Å². The highest BCUT2D eigenvalue weighted by Gasteiger charge is 2.11. The van der Waals surface area contributed by atoms with Crippen LogP contribution in [0.15, 0.2) is 65.1 Å². The van der Waals surface area contributed by atoms with E-state index in [9.17, 15) is 4.79 Å². The van der Waals surface area contributed by atoms with Crippen molar-refractivity contribution in [3.8, 4) is 5.75 Å². The predicted octanol–water partition coefficient (Wildman–Crippen LogP) is 5.23. The number of aromatic nitrogens is 1. The number of hydrogen-bond donors (Lipinski definition) is 1. The van der Waals surface area contributed by atoms with E-state index in [1.54, 1.807) is 0 Å². The second-order valence-corrected chi connectivity index (χ2v) is 7.25. The zero-order chi connectivity index (χ0) is 17.2. The molecule has 4 aromatic rings. The number of halogens is 1. The second-order valence-electron chi connectivity index (χ2n) is 5.42. The number of nitrogens with one attached hydrogen (secondary N) is 1. The molecular formula is C19H13BrN2O2S. The maximum atomic E-state index is 12.2. The number of ether oxygens (including phenoxy) is 1. The van der Waals surface area contributed by atoms with Crippen LogP contribution in [0.5, 0.6) is 5.75 Å². The summed E-state index contributed by atoms with van der Waals surface area (Å²) in [4.78, 5) is 16.5. The fourth-order valence-corrected chi connectivity index (χ4v) is 4.04. The lowest BCUT2D eigenvalue weighted by Crippen LogP contribution is -2.20. The third-order valence-electron chi connectivity index (χ3n) is 3.73. The molecule has 1 aromatic heterocycles. The molecule has 1 amide bonds. The van der Waals surface area contributed by atoms with Crippen molar-refractivity contribution in [1.29, 1.82) is 0 Å². The topological polar surface area (TPSA) is 51.2 Å². The van der Waals surface area contributed by atoms with Gasteiger partial charge in [0.05, 0.1) is 14.7 Å². The number of carbonyl (C=O) groups excluding carboxylic acids is 1. The first kappa shape index (κ1) is 16.1. The fraction of sp³-hybridized carbons (Fsp3) is 0.0526. The summed E-state index contributed by atoms with van der Waals surface area (Å²) in [6, 6.07) is 19.6. The Kier molecular flexibility index (Phi) is 4.38. The van der Waals surface area contributed by atoms with E-state index in [4.69, 9.17) is 4.74 Å². The minimum atomic E-state index is -0.237. The fourth-order valence-electron chi connectivity index (χ4n) is 2.55. The number of benzene rings is 3. The zero-order valence-corrected chi connectivity index (χ0v) is 15.4. The predicted molar refractivity (Wildman–Crippen MR) is 105 cm³/mol. The lowest BCUT2D eigenvalue weighted by Gasteiger charge is -2.10. The van der Waals surface area contributed by atoms with Gasteiger partial charge in [-0.25, -0.2) is 4.98 Å². The van der Waals surface area contributed by atoms with Gasteiger partial charge in [-0.05, 0) is 44.9 Å². The average molecular weight is 413 g/mol. The van der Waals surface area contributed by atoms with Crippen molar-refractivity contribution in [2.24, 2.45) is 0 Å². The number of fused-ring (bicyclic) bond motifs is 2. The molecule has 0 saturated heterocycles. The van der Waals surface area contributed by atoms with E-state index in [0.717, 1.165) is 25.5 Å². The first-order valence-corrected chi connectivity index (χ1v) is 9.27. The van der Waals surface area contributed by atoms with Crippen LogP contribution in [0.25, 0.3) is 21.0 Å². The molecule has 0 radical (unpaired) electrons. The van der Waals surface area contributed by atoms with Gasteiger partial charge in [0.2, 0.25) is 0 Å². The number of nitrogens with zero attached hydrogens (tertiary/aromatic N) is 1. The zero-order valence-electron chi connectivity index (χ0n) is 13.0. The molecule has 0 aliphatic heterocycles. The van der Waals surface area contributed by atoms with Crippen LogP contribution in [0.2, 0.25) is 0 Å². The van der Waals surface area contributed by atoms with E-state index in [1.807, 2.05) is 60.7 Å². The van der Waals surface area contributed by atoms with Crippen LogP contribution in [0, 0.1) is 0 Å². The van der Waals surface area contributed by atoms with Crippen LogP contribution in [0.4, 0.5) is 5.13 Å². The van der Waals surface area contributed by atoms with Crippen molar-refractivity contribution >= 4 is 59.3 Å². The first-order valence-electron chi connectivity index (χ1n) is 7.66. The van der Waals surface area contributed by atoms with Crippen molar-refractivity contribution in [3.05, 3.63) is 65.1 Å². The monoisotopic (exact) mass is 412 g/mol. The molecular weight excluding hydrogens is 400 g/mol. The molecule has 4 rings (SSSR count). The van der Waals surface area contributed by atoms with Gasteiger partial charge in [0.25, 0.3) is 5.91 Å². The summed E-state index contributed by atoms with van der Waals surface area (Å²) in [5.41, 5.74) is 0.876. The van der Waals surface area contributed by atoms with Gasteiger partial charge in [-0.15, -0.1) is 0 Å². The molecule has 25 heavy (non-hydrogen) atoms. The highest BCUT2D eigenvalue weighted by atomic mass is 79.9. The minimum absolute atomic E-state index is 0.0765. The van der Waals surface area contributed by atoms with Gasteiger partial charge in [-0.2, -0.15) is 0 Å². The van der Waals surface area contributed by atoms with Crippen molar-refractivity contribution < 1.29 is 9.53 Å².